The van der Waals surface area contributed by atoms with E-state index in [-0.39, 0.29) is 19.1 Å². The molecular formula is C16H19NO3. The largest absolute Gasteiger partial charge is 0.394 e. The molecule has 0 aliphatic carbocycles. The highest BCUT2D eigenvalue weighted by atomic mass is 16.3. The van der Waals surface area contributed by atoms with Crippen LogP contribution in [0.3, 0.4) is 0 Å². The lowest BCUT2D eigenvalue weighted by molar-refractivity contribution is 0.0653. The molecule has 0 atom stereocenters. The van der Waals surface area contributed by atoms with E-state index in [1.165, 1.54) is 0 Å². The van der Waals surface area contributed by atoms with Crippen LogP contribution in [-0.2, 0) is 0 Å². The molecule has 0 aliphatic heterocycles. The minimum absolute atomic E-state index is 0.291. The minimum atomic E-state index is -0.970. The molecule has 0 spiro atoms. The summed E-state index contributed by atoms with van der Waals surface area (Å²) in [4.78, 5) is 12.2. The first kappa shape index (κ1) is 14.5. The van der Waals surface area contributed by atoms with Gasteiger partial charge in [-0.1, -0.05) is 37.3 Å². The van der Waals surface area contributed by atoms with Gasteiger partial charge in [0, 0.05) is 5.56 Å². The maximum absolute atomic E-state index is 12.2. The van der Waals surface area contributed by atoms with E-state index >= 15 is 0 Å². The van der Waals surface area contributed by atoms with Crippen molar-refractivity contribution >= 4 is 16.7 Å². The zero-order chi connectivity index (χ0) is 14.6. The molecule has 0 fully saturated rings. The van der Waals surface area contributed by atoms with Crippen LogP contribution in [0.5, 0.6) is 0 Å². The van der Waals surface area contributed by atoms with Gasteiger partial charge >= 0.3 is 0 Å². The van der Waals surface area contributed by atoms with Crippen molar-refractivity contribution in [2.45, 2.75) is 18.9 Å². The van der Waals surface area contributed by atoms with E-state index in [4.69, 9.17) is 0 Å². The number of rotatable bonds is 5. The molecule has 4 heteroatoms. The lowest BCUT2D eigenvalue weighted by atomic mass is 9.97. The third kappa shape index (κ3) is 2.81. The van der Waals surface area contributed by atoms with Crippen molar-refractivity contribution in [1.82, 2.24) is 5.32 Å². The van der Waals surface area contributed by atoms with Gasteiger partial charge in [-0.15, -0.1) is 0 Å². The molecule has 0 heterocycles. The summed E-state index contributed by atoms with van der Waals surface area (Å²) < 4.78 is 0. The van der Waals surface area contributed by atoms with E-state index in [1.807, 2.05) is 37.3 Å². The fourth-order valence-corrected chi connectivity index (χ4v) is 2.08. The Balaban J connectivity index is 2.27. The summed E-state index contributed by atoms with van der Waals surface area (Å²) in [6.45, 7) is 1.23. The first-order chi connectivity index (χ1) is 9.64. The average Bonchev–Trinajstić information content (AvgIpc) is 2.52. The van der Waals surface area contributed by atoms with Gasteiger partial charge in [-0.2, -0.15) is 0 Å². The van der Waals surface area contributed by atoms with Crippen molar-refractivity contribution in [3.63, 3.8) is 0 Å². The number of benzene rings is 2. The molecule has 0 aromatic heterocycles. The van der Waals surface area contributed by atoms with Crippen LogP contribution in [-0.4, -0.2) is 34.9 Å². The molecule has 0 bridgehead atoms. The van der Waals surface area contributed by atoms with Gasteiger partial charge in [-0.25, -0.2) is 0 Å². The third-order valence-corrected chi connectivity index (χ3v) is 3.67. The smallest absolute Gasteiger partial charge is 0.251 e. The van der Waals surface area contributed by atoms with E-state index in [2.05, 4.69) is 5.32 Å². The summed E-state index contributed by atoms with van der Waals surface area (Å²) in [6, 6.07) is 13.2. The van der Waals surface area contributed by atoms with E-state index in [9.17, 15) is 15.0 Å². The SMILES string of the molecule is CCC(CO)(CO)NC(=O)c1ccc2ccccc2c1. The molecule has 2 aromatic carbocycles. The Hall–Kier alpha value is -1.91. The Kier molecular flexibility index (Phi) is 4.37. The highest BCUT2D eigenvalue weighted by molar-refractivity contribution is 5.98. The quantitative estimate of drug-likeness (QED) is 0.776. The van der Waals surface area contributed by atoms with Gasteiger partial charge in [0.1, 0.15) is 0 Å². The number of hydrogen-bond donors (Lipinski definition) is 3. The van der Waals surface area contributed by atoms with Gasteiger partial charge in [-0.05, 0) is 29.3 Å². The molecule has 2 aromatic rings. The molecule has 0 saturated carbocycles. The first-order valence-electron chi connectivity index (χ1n) is 6.67. The van der Waals surface area contributed by atoms with Crippen molar-refractivity contribution in [2.24, 2.45) is 0 Å². The summed E-state index contributed by atoms with van der Waals surface area (Å²) in [5, 5.41) is 23.5. The molecule has 2 rings (SSSR count). The summed E-state index contributed by atoms with van der Waals surface area (Å²) in [6.07, 6.45) is 0.458. The standard InChI is InChI=1S/C16H19NO3/c1-2-16(10-18,11-19)17-15(20)14-8-7-12-5-3-4-6-13(12)9-14/h3-9,18-19H,2,10-11H2,1H3,(H,17,20). The van der Waals surface area contributed by atoms with Crippen molar-refractivity contribution in [3.05, 3.63) is 48.0 Å². The van der Waals surface area contributed by atoms with E-state index < -0.39 is 5.54 Å². The molecular weight excluding hydrogens is 254 g/mol. The van der Waals surface area contributed by atoms with Crippen molar-refractivity contribution < 1.29 is 15.0 Å². The number of fused-ring (bicyclic) bond motifs is 1. The Morgan fingerprint density at radius 1 is 1.10 bits per heavy atom. The summed E-state index contributed by atoms with van der Waals surface area (Å²) in [7, 11) is 0. The zero-order valence-corrected chi connectivity index (χ0v) is 11.5. The molecule has 0 radical (unpaired) electrons. The molecule has 3 N–H and O–H groups in total. The van der Waals surface area contributed by atoms with E-state index in [1.54, 1.807) is 12.1 Å². The van der Waals surface area contributed by atoms with Gasteiger partial charge in [-0.3, -0.25) is 4.79 Å². The zero-order valence-electron chi connectivity index (χ0n) is 11.5. The van der Waals surface area contributed by atoms with Crippen LogP contribution in [0.4, 0.5) is 0 Å². The van der Waals surface area contributed by atoms with Crippen LogP contribution in [0.15, 0.2) is 42.5 Å². The summed E-state index contributed by atoms with van der Waals surface area (Å²) in [5.41, 5.74) is -0.452. The predicted octanol–water partition coefficient (Wildman–Crippen LogP) is 1.70. The van der Waals surface area contributed by atoms with Gasteiger partial charge in [0.25, 0.3) is 5.91 Å². The number of nitrogens with one attached hydrogen (secondary N) is 1. The lowest BCUT2D eigenvalue weighted by Gasteiger charge is -2.29. The third-order valence-electron chi connectivity index (χ3n) is 3.67. The van der Waals surface area contributed by atoms with Gasteiger partial charge in [0.15, 0.2) is 0 Å². The van der Waals surface area contributed by atoms with Crippen LogP contribution >= 0.6 is 0 Å². The Bertz CT molecular complexity index is 597. The molecule has 0 aliphatic rings. The van der Waals surface area contributed by atoms with E-state index in [0.29, 0.717) is 12.0 Å². The van der Waals surface area contributed by atoms with Crippen LogP contribution in [0.2, 0.25) is 0 Å². The predicted molar refractivity (Wildman–Crippen MR) is 78.6 cm³/mol. The van der Waals surface area contributed by atoms with Crippen LogP contribution in [0, 0.1) is 0 Å². The number of aliphatic hydroxyl groups is 2. The Morgan fingerprint density at radius 2 is 1.75 bits per heavy atom. The second-order valence-electron chi connectivity index (χ2n) is 4.97. The average molecular weight is 273 g/mol. The van der Waals surface area contributed by atoms with Crippen molar-refractivity contribution in [3.8, 4) is 0 Å². The van der Waals surface area contributed by atoms with Crippen LogP contribution in [0.1, 0.15) is 23.7 Å². The highest BCUT2D eigenvalue weighted by Crippen LogP contribution is 2.17. The fraction of sp³-hybridized carbons (Fsp3) is 0.312. The minimum Gasteiger partial charge on any atom is -0.394 e. The number of hydrogen-bond acceptors (Lipinski definition) is 3. The summed E-state index contributed by atoms with van der Waals surface area (Å²) in [5.74, 6) is -0.291. The molecule has 4 nitrogen and oxygen atoms in total. The second-order valence-corrected chi connectivity index (χ2v) is 4.97. The van der Waals surface area contributed by atoms with Crippen LogP contribution in [0.25, 0.3) is 10.8 Å². The lowest BCUT2D eigenvalue weighted by Crippen LogP contribution is -2.53. The maximum atomic E-state index is 12.2. The Labute approximate surface area is 118 Å². The molecule has 0 saturated heterocycles. The maximum Gasteiger partial charge on any atom is 0.251 e. The monoisotopic (exact) mass is 273 g/mol. The van der Waals surface area contributed by atoms with Gasteiger partial charge in [0.05, 0.1) is 18.8 Å². The normalized spacial score (nSPS) is 11.6. The molecule has 1 amide bonds. The highest BCUT2D eigenvalue weighted by Gasteiger charge is 2.28. The first-order valence-corrected chi connectivity index (χ1v) is 6.67. The molecule has 20 heavy (non-hydrogen) atoms. The second kappa shape index (κ2) is 6.03. The number of carbonyl (C=O) groups excluding carboxylic acids is 1. The van der Waals surface area contributed by atoms with Gasteiger partial charge < -0.3 is 15.5 Å². The Morgan fingerprint density at radius 3 is 2.35 bits per heavy atom. The topological polar surface area (TPSA) is 69.6 Å². The number of amides is 1. The van der Waals surface area contributed by atoms with Crippen LogP contribution < -0.4 is 5.32 Å². The molecule has 0 unspecified atom stereocenters. The molecule has 106 valence electrons. The van der Waals surface area contributed by atoms with E-state index in [0.717, 1.165) is 10.8 Å². The van der Waals surface area contributed by atoms with Crippen molar-refractivity contribution in [2.75, 3.05) is 13.2 Å². The van der Waals surface area contributed by atoms with Gasteiger partial charge in [0.2, 0.25) is 0 Å². The van der Waals surface area contributed by atoms with Crippen molar-refractivity contribution in [1.29, 1.82) is 0 Å². The fourth-order valence-electron chi connectivity index (χ4n) is 2.08. The summed E-state index contributed by atoms with van der Waals surface area (Å²) >= 11 is 0. The number of carbonyl (C=O) groups is 1. The number of aliphatic hydroxyl groups excluding tert-OH is 2.